The molecule has 2 aromatic rings. The molecule has 1 aromatic heterocycles. The number of hydrogen-bond acceptors (Lipinski definition) is 4. The molecule has 0 aliphatic rings. The van der Waals surface area contributed by atoms with Crippen molar-refractivity contribution in [1.82, 2.24) is 5.32 Å². The molecule has 0 saturated carbocycles. The number of methoxy groups -OCH3 is 1. The van der Waals surface area contributed by atoms with Crippen molar-refractivity contribution in [1.29, 1.82) is 0 Å². The number of amides is 3. The highest BCUT2D eigenvalue weighted by Crippen LogP contribution is 2.13. The van der Waals surface area contributed by atoms with Gasteiger partial charge in [-0.1, -0.05) is 6.07 Å². The Hall–Kier alpha value is -2.54. The zero-order valence-corrected chi connectivity index (χ0v) is 12.9. The van der Waals surface area contributed by atoms with E-state index in [9.17, 15) is 9.59 Å². The summed E-state index contributed by atoms with van der Waals surface area (Å²) in [5, 5.41) is 10.1. The number of benzene rings is 1. The highest BCUT2D eigenvalue weighted by Gasteiger charge is 2.03. The molecule has 3 N–H and O–H groups in total. The first-order valence-corrected chi connectivity index (χ1v) is 7.57. The third-order valence-electron chi connectivity index (χ3n) is 2.81. The van der Waals surface area contributed by atoms with Crippen LogP contribution in [0.5, 0.6) is 0 Å². The van der Waals surface area contributed by atoms with Crippen LogP contribution in [0.4, 0.5) is 21.0 Å². The number of anilines is 2. The highest BCUT2D eigenvalue weighted by atomic mass is 32.1. The van der Waals surface area contributed by atoms with E-state index in [0.29, 0.717) is 17.9 Å². The van der Waals surface area contributed by atoms with Gasteiger partial charge in [0.05, 0.1) is 7.11 Å². The summed E-state index contributed by atoms with van der Waals surface area (Å²) in [4.78, 5) is 24.0. The summed E-state index contributed by atoms with van der Waals surface area (Å²) in [6.07, 6.45) is 0.277. The molecule has 0 unspecified atom stereocenters. The first-order chi connectivity index (χ1) is 10.7. The van der Waals surface area contributed by atoms with Crippen molar-refractivity contribution >= 4 is 34.8 Å². The molecule has 0 bridgehead atoms. The molecule has 0 atom stereocenters. The lowest BCUT2D eigenvalue weighted by Gasteiger charge is -2.08. The number of carbonyl (C=O) groups excluding carboxylic acids is 2. The Morgan fingerprint density at radius 2 is 1.77 bits per heavy atom. The molecule has 116 valence electrons. The van der Waals surface area contributed by atoms with Crippen molar-refractivity contribution in [2.45, 2.75) is 6.42 Å². The predicted octanol–water partition coefficient (Wildman–Crippen LogP) is 3.29. The summed E-state index contributed by atoms with van der Waals surface area (Å²) in [6, 6.07) is 10.5. The number of thiophene rings is 1. The molecule has 0 saturated heterocycles. The van der Waals surface area contributed by atoms with Gasteiger partial charge in [0.2, 0.25) is 0 Å². The van der Waals surface area contributed by atoms with E-state index in [1.165, 1.54) is 12.0 Å². The molecule has 0 aliphatic heterocycles. The van der Waals surface area contributed by atoms with Gasteiger partial charge in [0.1, 0.15) is 0 Å². The third kappa shape index (κ3) is 5.10. The normalized spacial score (nSPS) is 9.86. The summed E-state index contributed by atoms with van der Waals surface area (Å²) in [7, 11) is 1.30. The van der Waals surface area contributed by atoms with Gasteiger partial charge in [-0.05, 0) is 42.1 Å². The molecule has 0 spiro atoms. The smallest absolute Gasteiger partial charge is 0.411 e. The second kappa shape index (κ2) is 8.04. The van der Waals surface area contributed by atoms with Crippen molar-refractivity contribution in [2.24, 2.45) is 0 Å². The summed E-state index contributed by atoms with van der Waals surface area (Å²) < 4.78 is 4.49. The zero-order chi connectivity index (χ0) is 15.8. The van der Waals surface area contributed by atoms with E-state index < -0.39 is 6.09 Å². The molecule has 0 aliphatic carbocycles. The zero-order valence-electron chi connectivity index (χ0n) is 12.1. The average molecular weight is 319 g/mol. The topological polar surface area (TPSA) is 79.5 Å². The minimum absolute atomic E-state index is 0.259. The average Bonchev–Trinajstić information content (AvgIpc) is 3.02. The largest absolute Gasteiger partial charge is 0.453 e. The van der Waals surface area contributed by atoms with Crippen molar-refractivity contribution < 1.29 is 14.3 Å². The van der Waals surface area contributed by atoms with E-state index in [-0.39, 0.29) is 6.03 Å². The van der Waals surface area contributed by atoms with Gasteiger partial charge in [-0.2, -0.15) is 0 Å². The van der Waals surface area contributed by atoms with Gasteiger partial charge in [-0.25, -0.2) is 9.59 Å². The van der Waals surface area contributed by atoms with E-state index >= 15 is 0 Å². The number of nitrogens with one attached hydrogen (secondary N) is 3. The first kappa shape index (κ1) is 15.8. The lowest BCUT2D eigenvalue weighted by Crippen LogP contribution is -2.30. The molecule has 6 nitrogen and oxygen atoms in total. The molecule has 1 heterocycles. The molecule has 3 amide bonds. The van der Waals surface area contributed by atoms with Crippen LogP contribution in [0.3, 0.4) is 0 Å². The molecule has 2 rings (SSSR count). The van der Waals surface area contributed by atoms with Gasteiger partial charge < -0.3 is 15.4 Å². The van der Waals surface area contributed by atoms with Crippen LogP contribution in [0.1, 0.15) is 4.88 Å². The van der Waals surface area contributed by atoms with Gasteiger partial charge >= 0.3 is 12.1 Å². The van der Waals surface area contributed by atoms with Crippen LogP contribution in [-0.4, -0.2) is 25.8 Å². The minimum atomic E-state index is -0.535. The fraction of sp³-hybridized carbons (Fsp3) is 0.200. The quantitative estimate of drug-likeness (QED) is 0.791. The van der Waals surface area contributed by atoms with Crippen molar-refractivity contribution in [3.05, 3.63) is 46.7 Å². The van der Waals surface area contributed by atoms with Gasteiger partial charge in [-0.15, -0.1) is 11.3 Å². The van der Waals surface area contributed by atoms with E-state index in [0.717, 1.165) is 6.42 Å². The fourth-order valence-electron chi connectivity index (χ4n) is 1.74. The van der Waals surface area contributed by atoms with Gasteiger partial charge in [0.15, 0.2) is 0 Å². The molecular weight excluding hydrogens is 302 g/mol. The maximum absolute atomic E-state index is 11.7. The van der Waals surface area contributed by atoms with Gasteiger partial charge in [-0.3, -0.25) is 5.32 Å². The molecule has 0 fully saturated rings. The van der Waals surface area contributed by atoms with Crippen molar-refractivity contribution in [3.63, 3.8) is 0 Å². The number of carbonyl (C=O) groups is 2. The van der Waals surface area contributed by atoms with Crippen LogP contribution in [-0.2, 0) is 11.2 Å². The standard InChI is InChI=1S/C15H17N3O3S/c1-21-15(20)18-12-6-4-11(5-7-12)17-14(19)16-9-8-13-3-2-10-22-13/h2-7,10H,8-9H2,1H3,(H,18,20)(H2,16,17,19). The van der Waals surface area contributed by atoms with Gasteiger partial charge in [0, 0.05) is 22.8 Å². The Bertz CT molecular complexity index is 611. The Balaban J connectivity index is 1.75. The van der Waals surface area contributed by atoms with Crippen LogP contribution < -0.4 is 16.0 Å². The first-order valence-electron chi connectivity index (χ1n) is 6.69. The Morgan fingerprint density at radius 1 is 1.09 bits per heavy atom. The van der Waals surface area contributed by atoms with Crippen LogP contribution in [0, 0.1) is 0 Å². The Morgan fingerprint density at radius 3 is 2.36 bits per heavy atom. The van der Waals surface area contributed by atoms with Gasteiger partial charge in [0.25, 0.3) is 0 Å². The number of hydrogen-bond donors (Lipinski definition) is 3. The number of urea groups is 1. The number of ether oxygens (including phenoxy) is 1. The minimum Gasteiger partial charge on any atom is -0.453 e. The maximum atomic E-state index is 11.7. The predicted molar refractivity (Wildman–Crippen MR) is 87.5 cm³/mol. The summed E-state index contributed by atoms with van der Waals surface area (Å²) in [5.74, 6) is 0. The van der Waals surface area contributed by atoms with Crippen LogP contribution in [0.25, 0.3) is 0 Å². The molecule has 7 heteroatoms. The fourth-order valence-corrected chi connectivity index (χ4v) is 2.44. The maximum Gasteiger partial charge on any atom is 0.411 e. The molecule has 1 aromatic carbocycles. The highest BCUT2D eigenvalue weighted by molar-refractivity contribution is 7.09. The molecule has 0 radical (unpaired) electrons. The van der Waals surface area contributed by atoms with Crippen molar-refractivity contribution in [2.75, 3.05) is 24.3 Å². The van der Waals surface area contributed by atoms with E-state index in [1.807, 2.05) is 17.5 Å². The summed E-state index contributed by atoms with van der Waals surface area (Å²) in [6.45, 7) is 0.578. The van der Waals surface area contributed by atoms with Crippen LogP contribution >= 0.6 is 11.3 Å². The molecule has 22 heavy (non-hydrogen) atoms. The number of rotatable bonds is 5. The third-order valence-corrected chi connectivity index (χ3v) is 3.75. The van der Waals surface area contributed by atoms with E-state index in [4.69, 9.17) is 0 Å². The lowest BCUT2D eigenvalue weighted by molar-refractivity contribution is 0.187. The Labute approximate surface area is 132 Å². The second-order valence-corrected chi connectivity index (χ2v) is 5.44. The summed E-state index contributed by atoms with van der Waals surface area (Å²) in [5.41, 5.74) is 1.24. The monoisotopic (exact) mass is 319 g/mol. The Kier molecular flexibility index (Phi) is 5.79. The van der Waals surface area contributed by atoms with Crippen LogP contribution in [0.2, 0.25) is 0 Å². The van der Waals surface area contributed by atoms with Crippen molar-refractivity contribution in [3.8, 4) is 0 Å². The molecular formula is C15H17N3O3S. The van der Waals surface area contributed by atoms with E-state index in [2.05, 4.69) is 20.7 Å². The summed E-state index contributed by atoms with van der Waals surface area (Å²) >= 11 is 1.67. The second-order valence-electron chi connectivity index (χ2n) is 4.40. The lowest BCUT2D eigenvalue weighted by atomic mass is 10.3. The SMILES string of the molecule is COC(=O)Nc1ccc(NC(=O)NCCc2cccs2)cc1. The van der Waals surface area contributed by atoms with Crippen LogP contribution in [0.15, 0.2) is 41.8 Å². The van der Waals surface area contributed by atoms with E-state index in [1.54, 1.807) is 35.6 Å².